The van der Waals surface area contributed by atoms with Gasteiger partial charge >= 0.3 is 0 Å². The van der Waals surface area contributed by atoms with Crippen LogP contribution in [0, 0.1) is 0 Å². The minimum atomic E-state index is -0.522. The van der Waals surface area contributed by atoms with Crippen molar-refractivity contribution in [3.05, 3.63) is 59.7 Å². The molecule has 0 fully saturated rings. The second-order valence-electron chi connectivity index (χ2n) is 4.96. The van der Waals surface area contributed by atoms with Gasteiger partial charge in [0.15, 0.2) is 0 Å². The molecule has 0 spiro atoms. The van der Waals surface area contributed by atoms with Crippen molar-refractivity contribution in [2.45, 2.75) is 6.10 Å². The largest absolute Gasteiger partial charge is 0.507 e. The van der Waals surface area contributed by atoms with E-state index in [0.717, 1.165) is 0 Å². The molecule has 134 valence electrons. The van der Waals surface area contributed by atoms with Gasteiger partial charge in [-0.25, -0.2) is 0 Å². The molecule has 0 saturated heterocycles. The van der Waals surface area contributed by atoms with E-state index in [2.05, 4.69) is 9.98 Å². The molecule has 0 amide bonds. The van der Waals surface area contributed by atoms with E-state index in [1.165, 1.54) is 12.4 Å². The van der Waals surface area contributed by atoms with Crippen LogP contribution < -0.4 is 0 Å². The molecule has 7 heteroatoms. The minimum absolute atomic E-state index is 0. The predicted octanol–water partition coefficient (Wildman–Crippen LogP) is 2.17. The summed E-state index contributed by atoms with van der Waals surface area (Å²) in [5.74, 6) is 0.262. The number of hydrogen-bond acceptors (Lipinski definition) is 6. The van der Waals surface area contributed by atoms with Gasteiger partial charge in [-0.15, -0.1) is 0 Å². The molecule has 0 aliphatic heterocycles. The van der Waals surface area contributed by atoms with Gasteiger partial charge in [0, 0.05) is 44.0 Å². The molecule has 0 atom stereocenters. The quantitative estimate of drug-likeness (QED) is 0.380. The van der Waals surface area contributed by atoms with E-state index >= 15 is 0 Å². The van der Waals surface area contributed by atoms with Crippen LogP contribution in [-0.4, -0.2) is 48.3 Å². The van der Waals surface area contributed by atoms with Crippen LogP contribution in [-0.2, 0) is 30.0 Å². The Balaban J connectivity index is 0.00000312. The van der Waals surface area contributed by atoms with Crippen LogP contribution in [0.3, 0.4) is 0 Å². The SMILES string of the molecule is O=COC(CN=Cc1ccccc1O)CN=Cc1ccccc1O.[Pd]. The van der Waals surface area contributed by atoms with Crippen LogP contribution >= 0.6 is 0 Å². The Morgan fingerprint density at radius 3 is 1.72 bits per heavy atom. The second-order valence-corrected chi connectivity index (χ2v) is 4.96. The van der Waals surface area contributed by atoms with E-state index in [9.17, 15) is 15.0 Å². The fourth-order valence-electron chi connectivity index (χ4n) is 1.95. The van der Waals surface area contributed by atoms with Crippen LogP contribution in [0.5, 0.6) is 11.5 Å². The monoisotopic (exact) mass is 432 g/mol. The molecule has 2 aromatic rings. The van der Waals surface area contributed by atoms with Crippen LogP contribution in [0.15, 0.2) is 58.5 Å². The standard InChI is InChI=1S/C18H18N2O4.Pd/c21-13-24-16(11-19-9-14-5-1-3-7-17(14)22)12-20-10-15-6-2-4-8-18(15)23;/h1-10,13,16,22-23H,11-12H2;. The van der Waals surface area contributed by atoms with Crippen molar-refractivity contribution >= 4 is 18.9 Å². The molecular formula is C18H18N2O4Pd. The molecule has 0 saturated carbocycles. The first kappa shape index (κ1) is 20.6. The molecule has 0 bridgehead atoms. The first-order valence-electron chi connectivity index (χ1n) is 7.35. The summed E-state index contributed by atoms with van der Waals surface area (Å²) in [7, 11) is 0. The van der Waals surface area contributed by atoms with Crippen molar-refractivity contribution in [1.82, 2.24) is 0 Å². The van der Waals surface area contributed by atoms with Crippen LogP contribution in [0.4, 0.5) is 0 Å². The Morgan fingerprint density at radius 2 is 1.32 bits per heavy atom. The molecule has 0 aliphatic rings. The van der Waals surface area contributed by atoms with Gasteiger partial charge in [-0.05, 0) is 24.3 Å². The number of benzene rings is 2. The van der Waals surface area contributed by atoms with Crippen molar-refractivity contribution in [1.29, 1.82) is 0 Å². The molecule has 0 heterocycles. The van der Waals surface area contributed by atoms with Gasteiger partial charge in [0.1, 0.15) is 17.6 Å². The van der Waals surface area contributed by atoms with E-state index in [-0.39, 0.29) is 45.0 Å². The number of phenolic OH excluding ortho intramolecular Hbond substituents is 2. The summed E-state index contributed by atoms with van der Waals surface area (Å²) < 4.78 is 4.95. The van der Waals surface area contributed by atoms with Crippen molar-refractivity contribution < 1.29 is 40.2 Å². The van der Waals surface area contributed by atoms with Gasteiger partial charge in [-0.1, -0.05) is 24.3 Å². The summed E-state index contributed by atoms with van der Waals surface area (Å²) in [6, 6.07) is 13.6. The third kappa shape index (κ3) is 6.88. The molecule has 2 rings (SSSR count). The molecule has 25 heavy (non-hydrogen) atoms. The normalized spacial score (nSPS) is 12.0. The zero-order valence-corrected chi connectivity index (χ0v) is 14.8. The Hall–Kier alpha value is -2.49. The van der Waals surface area contributed by atoms with Crippen LogP contribution in [0.25, 0.3) is 0 Å². The van der Waals surface area contributed by atoms with Gasteiger partial charge in [-0.3, -0.25) is 14.8 Å². The number of nitrogens with zero attached hydrogens (tertiary/aromatic N) is 2. The molecule has 6 nitrogen and oxygen atoms in total. The first-order chi connectivity index (χ1) is 11.7. The Labute approximate surface area is 159 Å². The summed E-state index contributed by atoms with van der Waals surface area (Å²) in [5, 5.41) is 19.3. The maximum atomic E-state index is 10.6. The number of para-hydroxylation sites is 2. The van der Waals surface area contributed by atoms with Gasteiger partial charge < -0.3 is 14.9 Å². The Bertz CT molecular complexity index is 677. The van der Waals surface area contributed by atoms with Crippen molar-refractivity contribution in [2.24, 2.45) is 9.98 Å². The van der Waals surface area contributed by atoms with Crippen molar-refractivity contribution in [2.75, 3.05) is 13.1 Å². The fourth-order valence-corrected chi connectivity index (χ4v) is 1.95. The minimum Gasteiger partial charge on any atom is -0.507 e. The number of ether oxygens (including phenoxy) is 1. The van der Waals surface area contributed by atoms with Gasteiger partial charge in [0.25, 0.3) is 6.47 Å². The average Bonchev–Trinajstić information content (AvgIpc) is 2.58. The molecule has 0 radical (unpaired) electrons. The van der Waals surface area contributed by atoms with Gasteiger partial charge in [0.05, 0.1) is 13.1 Å². The van der Waals surface area contributed by atoms with E-state index in [0.29, 0.717) is 17.6 Å². The van der Waals surface area contributed by atoms with E-state index in [4.69, 9.17) is 4.74 Å². The topological polar surface area (TPSA) is 91.5 Å². The van der Waals surface area contributed by atoms with Crippen molar-refractivity contribution in [3.63, 3.8) is 0 Å². The number of aliphatic imine (C=N–C) groups is 2. The van der Waals surface area contributed by atoms with Gasteiger partial charge in [-0.2, -0.15) is 0 Å². The van der Waals surface area contributed by atoms with E-state index in [1.807, 2.05) is 0 Å². The van der Waals surface area contributed by atoms with Crippen LogP contribution in [0.1, 0.15) is 11.1 Å². The number of carbonyl (C=O) groups is 1. The summed E-state index contributed by atoms with van der Waals surface area (Å²) in [6.45, 7) is 0.784. The average molecular weight is 433 g/mol. The summed E-state index contributed by atoms with van der Waals surface area (Å²) >= 11 is 0. The molecular weight excluding hydrogens is 415 g/mol. The van der Waals surface area contributed by atoms with Crippen molar-refractivity contribution in [3.8, 4) is 11.5 Å². The van der Waals surface area contributed by atoms with Crippen LogP contribution in [0.2, 0.25) is 0 Å². The maximum Gasteiger partial charge on any atom is 0.293 e. The number of phenols is 2. The fraction of sp³-hybridized carbons (Fsp3) is 0.167. The maximum absolute atomic E-state index is 10.6. The number of hydrogen-bond donors (Lipinski definition) is 2. The third-order valence-corrected chi connectivity index (χ3v) is 3.20. The van der Waals surface area contributed by atoms with E-state index in [1.54, 1.807) is 48.5 Å². The number of carbonyl (C=O) groups excluding carboxylic acids is 1. The van der Waals surface area contributed by atoms with E-state index < -0.39 is 6.10 Å². The molecule has 0 aromatic heterocycles. The van der Waals surface area contributed by atoms with Gasteiger partial charge in [0.2, 0.25) is 0 Å². The second kappa shape index (κ2) is 11.1. The first-order valence-corrected chi connectivity index (χ1v) is 7.35. The third-order valence-electron chi connectivity index (χ3n) is 3.20. The number of rotatable bonds is 8. The molecule has 0 unspecified atom stereocenters. The molecule has 2 N–H and O–H groups in total. The summed E-state index contributed by atoms with van der Waals surface area (Å²) in [5.41, 5.74) is 1.17. The zero-order valence-electron chi connectivity index (χ0n) is 13.3. The Kier molecular flexibility index (Phi) is 9.16. The summed E-state index contributed by atoms with van der Waals surface area (Å²) in [6.07, 6.45) is 2.51. The number of aromatic hydroxyl groups is 2. The molecule has 2 aromatic carbocycles. The smallest absolute Gasteiger partial charge is 0.293 e. The Morgan fingerprint density at radius 1 is 0.880 bits per heavy atom. The molecule has 0 aliphatic carbocycles. The summed E-state index contributed by atoms with van der Waals surface area (Å²) in [4.78, 5) is 18.9. The zero-order chi connectivity index (χ0) is 17.2. The predicted molar refractivity (Wildman–Crippen MR) is 92.1 cm³/mol.